The Balaban J connectivity index is 1.39. The summed E-state index contributed by atoms with van der Waals surface area (Å²) in [4.78, 5) is 25.5. The van der Waals surface area contributed by atoms with E-state index in [0.29, 0.717) is 34.3 Å². The number of carbonyl (C=O) groups excluding carboxylic acids is 1. The molecule has 8 nitrogen and oxygen atoms in total. The first-order chi connectivity index (χ1) is 13.9. The van der Waals surface area contributed by atoms with E-state index in [-0.39, 0.29) is 17.7 Å². The molecule has 0 atom stereocenters. The van der Waals surface area contributed by atoms with E-state index in [4.69, 9.17) is 11.6 Å². The normalized spacial score (nSPS) is 13.8. The van der Waals surface area contributed by atoms with Gasteiger partial charge in [-0.2, -0.15) is 0 Å². The van der Waals surface area contributed by atoms with E-state index in [1.807, 2.05) is 0 Å². The SMILES string of the molecule is O=C(NCc1cc(NS(=O)(=O)C2CC2)ccn1)c1ncc(-c2cncc(Cl)c2)s1. The van der Waals surface area contributed by atoms with Gasteiger partial charge in [0.05, 0.1) is 33.1 Å². The van der Waals surface area contributed by atoms with Gasteiger partial charge < -0.3 is 5.32 Å². The summed E-state index contributed by atoms with van der Waals surface area (Å²) in [6.07, 6.45) is 7.65. The predicted octanol–water partition coefficient (Wildman–Crippen LogP) is 3.09. The van der Waals surface area contributed by atoms with E-state index in [1.54, 1.807) is 30.6 Å². The van der Waals surface area contributed by atoms with Crippen LogP contribution in [0.2, 0.25) is 5.02 Å². The lowest BCUT2D eigenvalue weighted by Gasteiger charge is -2.08. The van der Waals surface area contributed by atoms with Crippen LogP contribution in [-0.2, 0) is 16.6 Å². The zero-order valence-electron chi connectivity index (χ0n) is 15.0. The lowest BCUT2D eigenvalue weighted by Crippen LogP contribution is -2.23. The summed E-state index contributed by atoms with van der Waals surface area (Å²) in [7, 11) is -3.35. The first kappa shape index (κ1) is 19.7. The molecular weight excluding hydrogens is 434 g/mol. The molecule has 0 unspecified atom stereocenters. The average molecular weight is 450 g/mol. The zero-order valence-corrected chi connectivity index (χ0v) is 17.4. The van der Waals surface area contributed by atoms with Crippen molar-refractivity contribution < 1.29 is 13.2 Å². The number of hydrogen-bond donors (Lipinski definition) is 2. The quantitative estimate of drug-likeness (QED) is 0.572. The molecule has 0 aromatic carbocycles. The van der Waals surface area contributed by atoms with E-state index in [0.717, 1.165) is 10.4 Å². The first-order valence-corrected chi connectivity index (χ1v) is 11.5. The van der Waals surface area contributed by atoms with Crippen molar-refractivity contribution in [1.29, 1.82) is 0 Å². The highest BCUT2D eigenvalue weighted by Gasteiger charge is 2.35. The van der Waals surface area contributed by atoms with E-state index in [2.05, 4.69) is 25.0 Å². The van der Waals surface area contributed by atoms with Gasteiger partial charge in [-0.3, -0.25) is 19.5 Å². The fourth-order valence-electron chi connectivity index (χ4n) is 2.57. The van der Waals surface area contributed by atoms with Crippen LogP contribution >= 0.6 is 22.9 Å². The number of aromatic nitrogens is 3. The maximum Gasteiger partial charge on any atom is 0.280 e. The first-order valence-electron chi connectivity index (χ1n) is 8.72. The van der Waals surface area contributed by atoms with Crippen molar-refractivity contribution in [1.82, 2.24) is 20.3 Å². The van der Waals surface area contributed by atoms with Crippen molar-refractivity contribution in [2.45, 2.75) is 24.6 Å². The number of anilines is 1. The third-order valence-corrected chi connectivity index (χ3v) is 7.28. The van der Waals surface area contributed by atoms with Crippen LogP contribution in [0, 0.1) is 0 Å². The maximum atomic E-state index is 12.4. The number of nitrogens with zero attached hydrogens (tertiary/aromatic N) is 3. The van der Waals surface area contributed by atoms with Gasteiger partial charge in [0.1, 0.15) is 0 Å². The van der Waals surface area contributed by atoms with Gasteiger partial charge in [0.2, 0.25) is 10.0 Å². The minimum atomic E-state index is -3.35. The second kappa shape index (κ2) is 8.05. The van der Waals surface area contributed by atoms with Crippen LogP contribution in [-0.4, -0.2) is 34.5 Å². The molecule has 11 heteroatoms. The molecule has 150 valence electrons. The van der Waals surface area contributed by atoms with Crippen molar-refractivity contribution >= 4 is 44.6 Å². The largest absolute Gasteiger partial charge is 0.344 e. The molecule has 0 spiro atoms. The molecule has 1 fully saturated rings. The van der Waals surface area contributed by atoms with Crippen LogP contribution in [0.15, 0.2) is 43.0 Å². The summed E-state index contributed by atoms with van der Waals surface area (Å²) in [5, 5.41) is 3.23. The highest BCUT2D eigenvalue weighted by atomic mass is 35.5. The molecule has 1 aliphatic rings. The van der Waals surface area contributed by atoms with Gasteiger partial charge >= 0.3 is 0 Å². The van der Waals surface area contributed by atoms with E-state index in [1.165, 1.54) is 23.7 Å². The number of pyridine rings is 2. The molecule has 29 heavy (non-hydrogen) atoms. The molecule has 0 radical (unpaired) electrons. The second-order valence-electron chi connectivity index (χ2n) is 6.49. The van der Waals surface area contributed by atoms with Crippen LogP contribution in [0.5, 0.6) is 0 Å². The minimum Gasteiger partial charge on any atom is -0.344 e. The number of halogens is 1. The van der Waals surface area contributed by atoms with Crippen molar-refractivity contribution in [3.63, 3.8) is 0 Å². The summed E-state index contributed by atoms with van der Waals surface area (Å²) >= 11 is 7.17. The van der Waals surface area contributed by atoms with Crippen molar-refractivity contribution in [2.24, 2.45) is 0 Å². The molecule has 0 saturated heterocycles. The number of hydrogen-bond acceptors (Lipinski definition) is 7. The van der Waals surface area contributed by atoms with Gasteiger partial charge in [-0.05, 0) is 31.0 Å². The summed E-state index contributed by atoms with van der Waals surface area (Å²) in [6.45, 7) is 0.144. The molecule has 1 aliphatic carbocycles. The van der Waals surface area contributed by atoms with E-state index >= 15 is 0 Å². The maximum absolute atomic E-state index is 12.4. The third kappa shape index (κ3) is 4.89. The number of rotatable bonds is 7. The Morgan fingerprint density at radius 1 is 1.21 bits per heavy atom. The van der Waals surface area contributed by atoms with E-state index in [9.17, 15) is 13.2 Å². The molecule has 4 rings (SSSR count). The molecule has 0 bridgehead atoms. The number of nitrogens with one attached hydrogen (secondary N) is 2. The van der Waals surface area contributed by atoms with Crippen LogP contribution < -0.4 is 10.0 Å². The topological polar surface area (TPSA) is 114 Å². The van der Waals surface area contributed by atoms with Gasteiger partial charge in [0.25, 0.3) is 5.91 Å². The summed E-state index contributed by atoms with van der Waals surface area (Å²) in [6, 6.07) is 4.93. The fraction of sp³-hybridized carbons (Fsp3) is 0.222. The predicted molar refractivity (Wildman–Crippen MR) is 111 cm³/mol. The van der Waals surface area contributed by atoms with Crippen molar-refractivity contribution in [2.75, 3.05) is 4.72 Å². The molecule has 3 heterocycles. The molecule has 2 N–H and O–H groups in total. The van der Waals surface area contributed by atoms with Crippen LogP contribution in [0.25, 0.3) is 10.4 Å². The number of amides is 1. The second-order valence-corrected chi connectivity index (χ2v) is 9.91. The summed E-state index contributed by atoms with van der Waals surface area (Å²) in [5.41, 5.74) is 1.75. The van der Waals surface area contributed by atoms with Gasteiger partial charge in [-0.15, -0.1) is 11.3 Å². The summed E-state index contributed by atoms with van der Waals surface area (Å²) < 4.78 is 26.6. The van der Waals surface area contributed by atoms with Crippen molar-refractivity contribution in [3.05, 3.63) is 58.7 Å². The Labute approximate surface area is 176 Å². The van der Waals surface area contributed by atoms with Crippen LogP contribution in [0.4, 0.5) is 5.69 Å². The van der Waals surface area contributed by atoms with Crippen LogP contribution in [0.1, 0.15) is 28.3 Å². The Bertz CT molecular complexity index is 1160. The Morgan fingerprint density at radius 2 is 2.03 bits per heavy atom. The monoisotopic (exact) mass is 449 g/mol. The molecule has 0 aliphatic heterocycles. The Hall–Kier alpha value is -2.56. The number of thiazole rings is 1. The molecule has 1 amide bonds. The van der Waals surface area contributed by atoms with E-state index < -0.39 is 10.0 Å². The zero-order chi connectivity index (χ0) is 20.4. The van der Waals surface area contributed by atoms with Gasteiger partial charge in [0.15, 0.2) is 5.01 Å². The lowest BCUT2D eigenvalue weighted by molar-refractivity contribution is 0.0950. The Morgan fingerprint density at radius 3 is 2.79 bits per heavy atom. The summed E-state index contributed by atoms with van der Waals surface area (Å²) in [5.74, 6) is -0.345. The highest BCUT2D eigenvalue weighted by molar-refractivity contribution is 7.93. The fourth-order valence-corrected chi connectivity index (χ4v) is 4.94. The third-order valence-electron chi connectivity index (χ3n) is 4.16. The lowest BCUT2D eigenvalue weighted by atomic mass is 10.2. The van der Waals surface area contributed by atoms with Crippen molar-refractivity contribution in [3.8, 4) is 10.4 Å². The molecular formula is C18H16ClN5O3S2. The minimum absolute atomic E-state index is 0.144. The molecule has 1 saturated carbocycles. The van der Waals surface area contributed by atoms with Gasteiger partial charge in [-0.25, -0.2) is 13.4 Å². The number of carbonyl (C=O) groups is 1. The highest BCUT2D eigenvalue weighted by Crippen LogP contribution is 2.30. The smallest absolute Gasteiger partial charge is 0.280 e. The van der Waals surface area contributed by atoms with Gasteiger partial charge in [0, 0.05) is 30.4 Å². The van der Waals surface area contributed by atoms with Gasteiger partial charge in [-0.1, -0.05) is 11.6 Å². The Kier molecular flexibility index (Phi) is 5.48. The standard InChI is InChI=1S/C18H16ClN5O3S2/c19-12-5-11(7-20-8-12)16-10-23-18(28-16)17(25)22-9-14-6-13(3-4-21-14)24-29(26,27)15-1-2-15/h3-8,10,15H,1-2,9H2,(H,21,24)(H,22,25). The average Bonchev–Trinajstić information content (AvgIpc) is 3.44. The number of sulfonamides is 1. The molecule has 3 aromatic rings. The van der Waals surface area contributed by atoms with Crippen LogP contribution in [0.3, 0.4) is 0 Å². The molecule has 3 aromatic heterocycles.